The molecule has 31 heavy (non-hydrogen) atoms. The zero-order valence-electron chi connectivity index (χ0n) is 20.3. The summed E-state index contributed by atoms with van der Waals surface area (Å²) >= 11 is 0. The summed E-state index contributed by atoms with van der Waals surface area (Å²) in [5.74, 6) is 1.04. The predicted octanol–water partition coefficient (Wildman–Crippen LogP) is 6.88. The van der Waals surface area contributed by atoms with Crippen LogP contribution in [0.5, 0.6) is 11.5 Å². The highest BCUT2D eigenvalue weighted by atomic mass is 31.1. The SMILES string of the molecule is CCC(C)P(C(=O)c1ccc(OC)cc1OC)C(=O)c1c(C)cc(C(C)(C)C)cc1C. The van der Waals surface area contributed by atoms with Crippen LogP contribution in [-0.4, -0.2) is 30.9 Å². The van der Waals surface area contributed by atoms with E-state index in [-0.39, 0.29) is 22.1 Å². The number of benzene rings is 2. The molecule has 0 fully saturated rings. The molecule has 0 spiro atoms. The van der Waals surface area contributed by atoms with Crippen LogP contribution in [0.3, 0.4) is 0 Å². The Labute approximate surface area is 188 Å². The van der Waals surface area contributed by atoms with Crippen LogP contribution in [0.2, 0.25) is 0 Å². The van der Waals surface area contributed by atoms with Gasteiger partial charge in [-0.15, -0.1) is 0 Å². The van der Waals surface area contributed by atoms with Crippen molar-refractivity contribution >= 4 is 19.0 Å². The molecular weight excluding hydrogens is 407 g/mol. The highest BCUT2D eigenvalue weighted by Crippen LogP contribution is 2.51. The minimum atomic E-state index is -1.60. The van der Waals surface area contributed by atoms with E-state index < -0.39 is 7.92 Å². The Balaban J connectivity index is 2.58. The molecule has 0 radical (unpaired) electrons. The van der Waals surface area contributed by atoms with Gasteiger partial charge in [-0.3, -0.25) is 9.59 Å². The van der Waals surface area contributed by atoms with Gasteiger partial charge in [-0.2, -0.15) is 0 Å². The van der Waals surface area contributed by atoms with E-state index in [1.165, 1.54) is 12.7 Å². The van der Waals surface area contributed by atoms with E-state index in [0.29, 0.717) is 22.6 Å². The summed E-state index contributed by atoms with van der Waals surface area (Å²) in [4.78, 5) is 27.5. The second kappa shape index (κ2) is 9.96. The first-order valence-electron chi connectivity index (χ1n) is 10.7. The maximum absolute atomic E-state index is 13.8. The molecule has 4 nitrogen and oxygen atoms in total. The molecule has 2 aromatic rings. The number of rotatable bonds is 8. The number of ether oxygens (including phenoxy) is 2. The maximum Gasteiger partial charge on any atom is 0.196 e. The van der Waals surface area contributed by atoms with Crippen molar-refractivity contribution in [2.45, 2.75) is 66.0 Å². The monoisotopic (exact) mass is 442 g/mol. The molecule has 2 atom stereocenters. The lowest BCUT2D eigenvalue weighted by Gasteiger charge is -2.26. The Bertz CT molecular complexity index is 949. The van der Waals surface area contributed by atoms with Crippen molar-refractivity contribution in [2.75, 3.05) is 14.2 Å². The van der Waals surface area contributed by atoms with Crippen LogP contribution in [0, 0.1) is 13.8 Å². The third kappa shape index (κ3) is 5.36. The highest BCUT2D eigenvalue weighted by molar-refractivity contribution is 7.90. The molecule has 0 amide bonds. The third-order valence-corrected chi connectivity index (χ3v) is 8.31. The Morgan fingerprint density at radius 1 is 0.968 bits per heavy atom. The fraction of sp³-hybridized carbons (Fsp3) is 0.462. The van der Waals surface area contributed by atoms with Crippen molar-refractivity contribution in [3.63, 3.8) is 0 Å². The predicted molar refractivity (Wildman–Crippen MR) is 129 cm³/mol. The van der Waals surface area contributed by atoms with Crippen LogP contribution in [-0.2, 0) is 5.41 Å². The number of carbonyl (C=O) groups is 2. The van der Waals surface area contributed by atoms with Gasteiger partial charge in [0.15, 0.2) is 11.0 Å². The summed E-state index contributed by atoms with van der Waals surface area (Å²) < 4.78 is 10.7. The molecular formula is C26H35O4P. The summed E-state index contributed by atoms with van der Waals surface area (Å²) in [7, 11) is 1.49. The van der Waals surface area contributed by atoms with Gasteiger partial charge < -0.3 is 9.47 Å². The quantitative estimate of drug-likeness (QED) is 0.418. The van der Waals surface area contributed by atoms with Crippen molar-refractivity contribution in [2.24, 2.45) is 0 Å². The van der Waals surface area contributed by atoms with E-state index in [2.05, 4.69) is 32.9 Å². The molecule has 0 aromatic heterocycles. The van der Waals surface area contributed by atoms with Crippen molar-refractivity contribution in [1.82, 2.24) is 0 Å². The molecule has 0 aliphatic carbocycles. The lowest BCUT2D eigenvalue weighted by atomic mass is 9.84. The van der Waals surface area contributed by atoms with Gasteiger partial charge in [0.1, 0.15) is 11.5 Å². The molecule has 0 saturated heterocycles. The van der Waals surface area contributed by atoms with E-state index in [4.69, 9.17) is 9.47 Å². The molecule has 5 heteroatoms. The number of methoxy groups -OCH3 is 2. The summed E-state index contributed by atoms with van der Waals surface area (Å²) in [6.07, 6.45) is 0.750. The lowest BCUT2D eigenvalue weighted by Crippen LogP contribution is -2.18. The normalized spacial score (nSPS) is 13.5. The Morgan fingerprint density at radius 3 is 2.00 bits per heavy atom. The zero-order chi connectivity index (χ0) is 23.5. The molecule has 0 heterocycles. The van der Waals surface area contributed by atoms with E-state index in [1.807, 2.05) is 27.7 Å². The Morgan fingerprint density at radius 2 is 1.55 bits per heavy atom. The molecule has 2 aromatic carbocycles. The minimum absolute atomic E-state index is 0.00910. The number of carbonyl (C=O) groups excluding carboxylic acids is 2. The van der Waals surface area contributed by atoms with Gasteiger partial charge in [-0.05, 0) is 60.2 Å². The molecule has 0 aliphatic heterocycles. The van der Waals surface area contributed by atoms with Crippen molar-refractivity contribution in [3.05, 3.63) is 58.1 Å². The van der Waals surface area contributed by atoms with Gasteiger partial charge in [0.25, 0.3) is 0 Å². The van der Waals surface area contributed by atoms with E-state index in [9.17, 15) is 9.59 Å². The average Bonchev–Trinajstić information content (AvgIpc) is 2.71. The molecule has 0 saturated carbocycles. The van der Waals surface area contributed by atoms with Crippen molar-refractivity contribution in [3.8, 4) is 11.5 Å². The van der Waals surface area contributed by atoms with Crippen molar-refractivity contribution < 1.29 is 19.1 Å². The van der Waals surface area contributed by atoms with Crippen LogP contribution >= 0.6 is 7.92 Å². The molecule has 168 valence electrons. The van der Waals surface area contributed by atoms with Gasteiger partial charge in [0, 0.05) is 19.6 Å². The number of hydrogen-bond donors (Lipinski definition) is 0. The first-order valence-corrected chi connectivity index (χ1v) is 12.1. The van der Waals surface area contributed by atoms with Gasteiger partial charge in [0.05, 0.1) is 19.8 Å². The summed E-state index contributed by atoms with van der Waals surface area (Å²) in [5, 5.41) is 0. The summed E-state index contributed by atoms with van der Waals surface area (Å²) in [5.41, 5.74) is 3.92. The van der Waals surface area contributed by atoms with E-state index in [1.54, 1.807) is 25.3 Å². The van der Waals surface area contributed by atoms with Crippen LogP contribution in [0.15, 0.2) is 30.3 Å². The Hall–Kier alpha value is -2.19. The lowest BCUT2D eigenvalue weighted by molar-refractivity contribution is 0.104. The van der Waals surface area contributed by atoms with Crippen LogP contribution in [0.1, 0.15) is 78.4 Å². The van der Waals surface area contributed by atoms with E-state index >= 15 is 0 Å². The van der Waals surface area contributed by atoms with Gasteiger partial charge in [0.2, 0.25) is 0 Å². The van der Waals surface area contributed by atoms with E-state index in [0.717, 1.165) is 17.5 Å². The average molecular weight is 443 g/mol. The van der Waals surface area contributed by atoms with Gasteiger partial charge in [-0.1, -0.05) is 46.8 Å². The Kier molecular flexibility index (Phi) is 8.05. The first kappa shape index (κ1) is 25.1. The van der Waals surface area contributed by atoms with Crippen LogP contribution in [0.25, 0.3) is 0 Å². The van der Waals surface area contributed by atoms with Crippen LogP contribution in [0.4, 0.5) is 0 Å². The molecule has 0 bridgehead atoms. The second-order valence-electron chi connectivity index (χ2n) is 9.04. The molecule has 0 N–H and O–H groups in total. The fourth-order valence-electron chi connectivity index (χ4n) is 3.63. The minimum Gasteiger partial charge on any atom is -0.497 e. The maximum atomic E-state index is 13.8. The van der Waals surface area contributed by atoms with Gasteiger partial charge >= 0.3 is 0 Å². The molecule has 0 aliphatic rings. The topological polar surface area (TPSA) is 52.6 Å². The fourth-order valence-corrected chi connectivity index (χ4v) is 6.02. The molecule has 2 rings (SSSR count). The number of aryl methyl sites for hydroxylation is 2. The van der Waals surface area contributed by atoms with Gasteiger partial charge in [-0.25, -0.2) is 0 Å². The standard InChI is InChI=1S/C26H35O4P/c1-10-18(4)31(24(27)21-12-11-20(29-8)15-22(21)30-9)25(28)23-16(2)13-19(14-17(23)3)26(5,6)7/h11-15,18H,10H2,1-9H3. The second-order valence-corrected chi connectivity index (χ2v) is 11.5. The smallest absolute Gasteiger partial charge is 0.196 e. The summed E-state index contributed by atoms with van der Waals surface area (Å²) in [6, 6.07) is 9.30. The summed E-state index contributed by atoms with van der Waals surface area (Å²) in [6.45, 7) is 14.4. The third-order valence-electron chi connectivity index (χ3n) is 5.72. The molecule has 2 unspecified atom stereocenters. The van der Waals surface area contributed by atoms with Crippen molar-refractivity contribution in [1.29, 1.82) is 0 Å². The first-order chi connectivity index (χ1) is 14.5. The van der Waals surface area contributed by atoms with Crippen LogP contribution < -0.4 is 9.47 Å². The largest absolute Gasteiger partial charge is 0.497 e. The highest BCUT2D eigenvalue weighted by Gasteiger charge is 2.35. The zero-order valence-corrected chi connectivity index (χ0v) is 21.1. The number of hydrogen-bond acceptors (Lipinski definition) is 4.